The molecule has 110 valence electrons. The van der Waals surface area contributed by atoms with Crippen LogP contribution in [-0.4, -0.2) is 29.1 Å². The number of hydrogen-bond donors (Lipinski definition) is 1. The van der Waals surface area contributed by atoms with E-state index < -0.39 is 0 Å². The van der Waals surface area contributed by atoms with Crippen molar-refractivity contribution < 1.29 is 4.39 Å². The summed E-state index contributed by atoms with van der Waals surface area (Å²) in [4.78, 5) is 2.47. The number of nitrogens with one attached hydrogen (secondary N) is 1. The summed E-state index contributed by atoms with van der Waals surface area (Å²) >= 11 is 0. The molecule has 1 N–H and O–H groups in total. The van der Waals surface area contributed by atoms with E-state index in [-0.39, 0.29) is 16.9 Å². The molecule has 3 heteroatoms. The predicted octanol–water partition coefficient (Wildman–Crippen LogP) is 3.32. The number of hydrogen-bond acceptors (Lipinski definition) is 2. The van der Waals surface area contributed by atoms with Gasteiger partial charge in [-0.3, -0.25) is 4.90 Å². The smallest absolute Gasteiger partial charge is 0.127 e. The molecule has 1 saturated heterocycles. The quantitative estimate of drug-likeness (QED) is 0.891. The molecular weight excluding hydrogens is 251 g/mol. The van der Waals surface area contributed by atoms with Gasteiger partial charge in [0.2, 0.25) is 0 Å². The Kier molecular flexibility index (Phi) is 3.59. The lowest BCUT2D eigenvalue weighted by atomic mass is 9.87. The Morgan fingerprint density at radius 1 is 1.20 bits per heavy atom. The molecule has 1 aliphatic carbocycles. The molecule has 0 amide bonds. The van der Waals surface area contributed by atoms with Gasteiger partial charge < -0.3 is 5.32 Å². The average molecular weight is 276 g/mol. The highest BCUT2D eigenvalue weighted by atomic mass is 19.1. The van der Waals surface area contributed by atoms with Gasteiger partial charge in [0, 0.05) is 36.3 Å². The van der Waals surface area contributed by atoms with E-state index in [0.717, 1.165) is 18.7 Å². The summed E-state index contributed by atoms with van der Waals surface area (Å²) in [5.41, 5.74) is 1.17. The van der Waals surface area contributed by atoms with Crippen LogP contribution in [0, 0.1) is 5.82 Å². The largest absolute Gasteiger partial charge is 0.308 e. The standard InChI is InChI=1S/C17H25FN2/c1-16(2)12-19-17(9-5-6-10-17)13-20(16)11-14-7-3-4-8-15(14)18/h3-4,7-8,19H,5-6,9-13H2,1-2H3. The highest BCUT2D eigenvalue weighted by molar-refractivity contribution is 5.18. The zero-order chi connectivity index (χ0) is 14.2. The summed E-state index contributed by atoms with van der Waals surface area (Å²) in [6, 6.07) is 7.17. The molecule has 2 aliphatic rings. The molecule has 1 heterocycles. The molecule has 0 unspecified atom stereocenters. The lowest BCUT2D eigenvalue weighted by Crippen LogP contribution is -2.66. The van der Waals surface area contributed by atoms with Crippen LogP contribution in [0.1, 0.15) is 45.1 Å². The number of halogens is 1. The Morgan fingerprint density at radius 2 is 1.90 bits per heavy atom. The first-order chi connectivity index (χ1) is 9.51. The number of nitrogens with zero attached hydrogens (tertiary/aromatic N) is 1. The molecule has 1 spiro atoms. The Labute approximate surface area is 121 Å². The summed E-state index contributed by atoms with van der Waals surface area (Å²) in [5.74, 6) is -0.0812. The molecule has 2 fully saturated rings. The fourth-order valence-electron chi connectivity index (χ4n) is 3.64. The highest BCUT2D eigenvalue weighted by Gasteiger charge is 2.44. The van der Waals surface area contributed by atoms with E-state index in [9.17, 15) is 4.39 Å². The van der Waals surface area contributed by atoms with Crippen LogP contribution in [-0.2, 0) is 6.54 Å². The first-order valence-electron chi connectivity index (χ1n) is 7.74. The van der Waals surface area contributed by atoms with Crippen molar-refractivity contribution in [3.05, 3.63) is 35.6 Å². The summed E-state index contributed by atoms with van der Waals surface area (Å²) < 4.78 is 13.9. The zero-order valence-corrected chi connectivity index (χ0v) is 12.6. The molecule has 0 aromatic heterocycles. The van der Waals surface area contributed by atoms with Crippen molar-refractivity contribution in [2.45, 2.75) is 57.2 Å². The predicted molar refractivity (Wildman–Crippen MR) is 80.1 cm³/mol. The van der Waals surface area contributed by atoms with Crippen LogP contribution in [0.5, 0.6) is 0 Å². The highest BCUT2D eigenvalue weighted by Crippen LogP contribution is 2.36. The van der Waals surface area contributed by atoms with Crippen LogP contribution in [0.2, 0.25) is 0 Å². The van der Waals surface area contributed by atoms with Gasteiger partial charge in [0.05, 0.1) is 0 Å². The van der Waals surface area contributed by atoms with Crippen LogP contribution in [0.4, 0.5) is 4.39 Å². The second kappa shape index (κ2) is 5.12. The number of piperazine rings is 1. The minimum atomic E-state index is -0.0812. The molecule has 20 heavy (non-hydrogen) atoms. The molecule has 1 aliphatic heterocycles. The fraction of sp³-hybridized carbons (Fsp3) is 0.647. The topological polar surface area (TPSA) is 15.3 Å². The number of benzene rings is 1. The van der Waals surface area contributed by atoms with Crippen molar-refractivity contribution in [1.29, 1.82) is 0 Å². The van der Waals surface area contributed by atoms with Crippen molar-refractivity contribution in [1.82, 2.24) is 10.2 Å². The van der Waals surface area contributed by atoms with Gasteiger partial charge in [-0.25, -0.2) is 4.39 Å². The molecule has 1 saturated carbocycles. The molecule has 0 radical (unpaired) electrons. The average Bonchev–Trinajstić information content (AvgIpc) is 2.86. The molecule has 0 bridgehead atoms. The van der Waals surface area contributed by atoms with E-state index in [1.807, 2.05) is 12.1 Å². The van der Waals surface area contributed by atoms with Crippen molar-refractivity contribution in [2.24, 2.45) is 0 Å². The van der Waals surface area contributed by atoms with E-state index in [1.165, 1.54) is 25.7 Å². The molecule has 0 atom stereocenters. The first-order valence-corrected chi connectivity index (χ1v) is 7.74. The van der Waals surface area contributed by atoms with E-state index in [0.29, 0.717) is 6.54 Å². The van der Waals surface area contributed by atoms with Crippen molar-refractivity contribution >= 4 is 0 Å². The third-order valence-electron chi connectivity index (χ3n) is 5.13. The van der Waals surface area contributed by atoms with Gasteiger partial charge >= 0.3 is 0 Å². The van der Waals surface area contributed by atoms with Gasteiger partial charge in [0.25, 0.3) is 0 Å². The maximum Gasteiger partial charge on any atom is 0.127 e. The molecule has 2 nitrogen and oxygen atoms in total. The summed E-state index contributed by atoms with van der Waals surface area (Å²) in [7, 11) is 0. The Bertz CT molecular complexity index is 478. The van der Waals surface area contributed by atoms with Gasteiger partial charge in [0.15, 0.2) is 0 Å². The van der Waals surface area contributed by atoms with Gasteiger partial charge in [-0.1, -0.05) is 31.0 Å². The summed E-state index contributed by atoms with van der Waals surface area (Å²) in [6.07, 6.45) is 5.16. The molecule has 1 aromatic rings. The van der Waals surface area contributed by atoms with Crippen LogP contribution in [0.15, 0.2) is 24.3 Å². The normalized spacial score (nSPS) is 25.1. The van der Waals surface area contributed by atoms with Crippen molar-refractivity contribution in [3.63, 3.8) is 0 Å². The fourth-order valence-corrected chi connectivity index (χ4v) is 3.64. The maximum absolute atomic E-state index is 13.9. The number of rotatable bonds is 2. The van der Waals surface area contributed by atoms with Crippen LogP contribution < -0.4 is 5.32 Å². The second-order valence-electron chi connectivity index (χ2n) is 7.10. The second-order valence-corrected chi connectivity index (χ2v) is 7.10. The van der Waals surface area contributed by atoms with Crippen LogP contribution in [0.3, 0.4) is 0 Å². The zero-order valence-electron chi connectivity index (χ0n) is 12.6. The molecule has 1 aromatic carbocycles. The Morgan fingerprint density at radius 3 is 2.60 bits per heavy atom. The lowest BCUT2D eigenvalue weighted by molar-refractivity contribution is 0.0210. The van der Waals surface area contributed by atoms with E-state index in [2.05, 4.69) is 24.1 Å². The summed E-state index contributed by atoms with van der Waals surface area (Å²) in [6.45, 7) is 7.24. The SMILES string of the molecule is CC1(C)CNC2(CCCC2)CN1Cc1ccccc1F. The third-order valence-corrected chi connectivity index (χ3v) is 5.13. The van der Waals surface area contributed by atoms with Gasteiger partial charge in [-0.05, 0) is 32.8 Å². The van der Waals surface area contributed by atoms with Gasteiger partial charge in [0.1, 0.15) is 5.82 Å². The van der Waals surface area contributed by atoms with Crippen LogP contribution in [0.25, 0.3) is 0 Å². The van der Waals surface area contributed by atoms with E-state index in [4.69, 9.17) is 0 Å². The minimum Gasteiger partial charge on any atom is -0.308 e. The maximum atomic E-state index is 13.9. The van der Waals surface area contributed by atoms with E-state index in [1.54, 1.807) is 12.1 Å². The Balaban J connectivity index is 1.80. The monoisotopic (exact) mass is 276 g/mol. The van der Waals surface area contributed by atoms with Gasteiger partial charge in [-0.15, -0.1) is 0 Å². The Hall–Kier alpha value is -0.930. The first kappa shape index (κ1) is 14.0. The minimum absolute atomic E-state index is 0.0795. The van der Waals surface area contributed by atoms with Crippen LogP contribution >= 0.6 is 0 Å². The third kappa shape index (κ3) is 2.61. The molecule has 3 rings (SSSR count). The molecular formula is C17H25FN2. The lowest BCUT2D eigenvalue weighted by Gasteiger charge is -2.51. The summed E-state index contributed by atoms with van der Waals surface area (Å²) in [5, 5.41) is 3.78. The van der Waals surface area contributed by atoms with Crippen molar-refractivity contribution in [2.75, 3.05) is 13.1 Å². The van der Waals surface area contributed by atoms with Gasteiger partial charge in [-0.2, -0.15) is 0 Å². The van der Waals surface area contributed by atoms with E-state index >= 15 is 0 Å². The van der Waals surface area contributed by atoms with Crippen molar-refractivity contribution in [3.8, 4) is 0 Å².